The van der Waals surface area contributed by atoms with E-state index in [0.29, 0.717) is 5.69 Å². The van der Waals surface area contributed by atoms with E-state index in [2.05, 4.69) is 25.3 Å². The average molecular weight is 397 g/mol. The van der Waals surface area contributed by atoms with E-state index in [4.69, 9.17) is 0 Å². The Morgan fingerprint density at radius 3 is 2.14 bits per heavy atom. The third-order valence-corrected chi connectivity index (χ3v) is 5.87. The highest BCUT2D eigenvalue weighted by Crippen LogP contribution is 2.20. The fraction of sp³-hybridized carbons (Fsp3) is 0.500. The van der Waals surface area contributed by atoms with Gasteiger partial charge in [-0.25, -0.2) is 4.39 Å². The number of carbonyl (C=O) groups is 1. The Morgan fingerprint density at radius 2 is 1.52 bits per heavy atom. The maximum Gasteiger partial charge on any atom is 0.272 e. The van der Waals surface area contributed by atoms with Crippen molar-refractivity contribution in [2.24, 2.45) is 0 Å². The van der Waals surface area contributed by atoms with Crippen molar-refractivity contribution >= 4 is 17.4 Å². The van der Waals surface area contributed by atoms with Crippen molar-refractivity contribution in [3.63, 3.8) is 0 Å². The van der Waals surface area contributed by atoms with Crippen LogP contribution in [-0.2, 0) is 0 Å². The molecular formula is C22H28FN5O. The van der Waals surface area contributed by atoms with E-state index < -0.39 is 0 Å². The topological polar surface area (TPSA) is 61.4 Å². The Labute approximate surface area is 171 Å². The lowest BCUT2D eigenvalue weighted by Gasteiger charge is -2.36. The summed E-state index contributed by atoms with van der Waals surface area (Å²) < 4.78 is 13.1. The van der Waals surface area contributed by atoms with Crippen LogP contribution in [-0.4, -0.2) is 48.3 Å². The summed E-state index contributed by atoms with van der Waals surface area (Å²) in [5.74, 6) is 0.442. The molecule has 0 unspecified atom stereocenters. The minimum atomic E-state index is -0.217. The summed E-state index contributed by atoms with van der Waals surface area (Å²) in [4.78, 5) is 16.9. The molecule has 1 aliphatic carbocycles. The van der Waals surface area contributed by atoms with Gasteiger partial charge < -0.3 is 15.1 Å². The van der Waals surface area contributed by atoms with Crippen molar-refractivity contribution in [3.8, 4) is 0 Å². The maximum absolute atomic E-state index is 13.1. The second kappa shape index (κ2) is 9.20. The number of benzene rings is 1. The van der Waals surface area contributed by atoms with Gasteiger partial charge in [0, 0.05) is 37.9 Å². The van der Waals surface area contributed by atoms with E-state index in [1.54, 1.807) is 6.07 Å². The van der Waals surface area contributed by atoms with Gasteiger partial charge in [0.15, 0.2) is 11.5 Å². The lowest BCUT2D eigenvalue weighted by atomic mass is 10.1. The second-order valence-electron chi connectivity index (χ2n) is 7.89. The molecule has 0 spiro atoms. The molecule has 29 heavy (non-hydrogen) atoms. The molecule has 6 nitrogen and oxygen atoms in total. The molecular weight excluding hydrogens is 369 g/mol. The molecule has 4 rings (SSSR count). The Balaban J connectivity index is 1.31. The third-order valence-electron chi connectivity index (χ3n) is 5.87. The first-order valence-corrected chi connectivity index (χ1v) is 10.6. The molecule has 1 aromatic heterocycles. The van der Waals surface area contributed by atoms with Crippen molar-refractivity contribution < 1.29 is 9.18 Å². The molecule has 1 saturated heterocycles. The monoisotopic (exact) mass is 397 g/mol. The zero-order valence-corrected chi connectivity index (χ0v) is 16.7. The van der Waals surface area contributed by atoms with Gasteiger partial charge in [0.2, 0.25) is 0 Å². The molecule has 2 fully saturated rings. The predicted octanol–water partition coefficient (Wildman–Crippen LogP) is 3.39. The van der Waals surface area contributed by atoms with Crippen LogP contribution in [0.15, 0.2) is 36.4 Å². The maximum atomic E-state index is 13.1. The molecule has 1 amide bonds. The Bertz CT molecular complexity index is 795. The van der Waals surface area contributed by atoms with Gasteiger partial charge in [-0.1, -0.05) is 25.7 Å². The number of aromatic nitrogens is 2. The summed E-state index contributed by atoms with van der Waals surface area (Å²) in [6, 6.07) is 10.5. The first-order valence-electron chi connectivity index (χ1n) is 10.6. The summed E-state index contributed by atoms with van der Waals surface area (Å²) in [7, 11) is 0. The summed E-state index contributed by atoms with van der Waals surface area (Å²) in [5, 5.41) is 11.6. The standard InChI is InChI=1S/C22H28FN5O/c23-17-7-9-19(10-8-17)27-13-15-28(16-14-27)21-12-11-20(25-26-21)22(29)24-18-5-3-1-2-4-6-18/h7-12,18H,1-6,13-16H2,(H,24,29). The molecule has 1 N–H and O–H groups in total. The van der Waals surface area contributed by atoms with Gasteiger partial charge in [0.25, 0.3) is 5.91 Å². The van der Waals surface area contributed by atoms with Gasteiger partial charge in [-0.05, 0) is 49.2 Å². The smallest absolute Gasteiger partial charge is 0.272 e. The van der Waals surface area contributed by atoms with Crippen molar-refractivity contribution in [1.29, 1.82) is 0 Å². The lowest BCUT2D eigenvalue weighted by molar-refractivity contribution is 0.0927. The fourth-order valence-electron chi connectivity index (χ4n) is 4.14. The number of nitrogens with one attached hydrogen (secondary N) is 1. The van der Waals surface area contributed by atoms with Crippen LogP contribution >= 0.6 is 0 Å². The fourth-order valence-corrected chi connectivity index (χ4v) is 4.14. The highest BCUT2D eigenvalue weighted by atomic mass is 19.1. The first-order chi connectivity index (χ1) is 14.2. The van der Waals surface area contributed by atoms with Crippen LogP contribution in [0.2, 0.25) is 0 Å². The van der Waals surface area contributed by atoms with Crippen LogP contribution in [0.25, 0.3) is 0 Å². The van der Waals surface area contributed by atoms with Crippen LogP contribution in [0.4, 0.5) is 15.9 Å². The van der Waals surface area contributed by atoms with Crippen molar-refractivity contribution in [2.45, 2.75) is 44.6 Å². The van der Waals surface area contributed by atoms with Gasteiger partial charge in [-0.15, -0.1) is 10.2 Å². The highest BCUT2D eigenvalue weighted by Gasteiger charge is 2.20. The molecule has 1 aromatic carbocycles. The zero-order valence-electron chi connectivity index (χ0n) is 16.7. The normalized spacial score (nSPS) is 18.4. The molecule has 2 aliphatic rings. The zero-order chi connectivity index (χ0) is 20.1. The van der Waals surface area contributed by atoms with Crippen LogP contribution in [0, 0.1) is 5.82 Å². The van der Waals surface area contributed by atoms with E-state index >= 15 is 0 Å². The minimum absolute atomic E-state index is 0.128. The number of nitrogens with zero attached hydrogens (tertiary/aromatic N) is 4. The molecule has 0 bridgehead atoms. The van der Waals surface area contributed by atoms with E-state index in [1.165, 1.54) is 37.8 Å². The number of halogens is 1. The Morgan fingerprint density at radius 1 is 0.862 bits per heavy atom. The van der Waals surface area contributed by atoms with E-state index in [-0.39, 0.29) is 17.8 Å². The SMILES string of the molecule is O=C(NC1CCCCCC1)c1ccc(N2CCN(c3ccc(F)cc3)CC2)nn1. The lowest BCUT2D eigenvalue weighted by Crippen LogP contribution is -2.47. The summed E-state index contributed by atoms with van der Waals surface area (Å²) in [6.45, 7) is 3.27. The first kappa shape index (κ1) is 19.6. The molecule has 0 radical (unpaired) electrons. The summed E-state index contributed by atoms with van der Waals surface area (Å²) in [5.41, 5.74) is 1.41. The quantitative estimate of drug-likeness (QED) is 0.802. The number of hydrogen-bond donors (Lipinski definition) is 1. The highest BCUT2D eigenvalue weighted by molar-refractivity contribution is 5.92. The van der Waals surface area contributed by atoms with Crippen molar-refractivity contribution in [2.75, 3.05) is 36.0 Å². The average Bonchev–Trinajstić information content (AvgIpc) is 3.03. The third kappa shape index (κ3) is 5.02. The van der Waals surface area contributed by atoms with Crippen molar-refractivity contribution in [3.05, 3.63) is 47.9 Å². The van der Waals surface area contributed by atoms with Gasteiger partial charge in [0.1, 0.15) is 5.82 Å². The summed E-state index contributed by atoms with van der Waals surface area (Å²) >= 11 is 0. The van der Waals surface area contributed by atoms with E-state index in [1.807, 2.05) is 18.2 Å². The molecule has 0 atom stereocenters. The predicted molar refractivity (Wildman–Crippen MR) is 112 cm³/mol. The summed E-state index contributed by atoms with van der Waals surface area (Å²) in [6.07, 6.45) is 6.98. The Kier molecular flexibility index (Phi) is 6.22. The van der Waals surface area contributed by atoms with Crippen molar-refractivity contribution in [1.82, 2.24) is 15.5 Å². The van der Waals surface area contributed by atoms with Gasteiger partial charge >= 0.3 is 0 Å². The van der Waals surface area contributed by atoms with Gasteiger partial charge in [-0.3, -0.25) is 4.79 Å². The van der Waals surface area contributed by atoms with Crippen LogP contribution in [0.5, 0.6) is 0 Å². The number of piperazine rings is 1. The molecule has 1 saturated carbocycles. The van der Waals surface area contributed by atoms with E-state index in [0.717, 1.165) is 50.5 Å². The van der Waals surface area contributed by atoms with Gasteiger partial charge in [0.05, 0.1) is 0 Å². The Hall–Kier alpha value is -2.70. The number of carbonyl (C=O) groups excluding carboxylic acids is 1. The van der Waals surface area contributed by atoms with Gasteiger partial charge in [-0.2, -0.15) is 0 Å². The van der Waals surface area contributed by atoms with E-state index in [9.17, 15) is 9.18 Å². The number of hydrogen-bond acceptors (Lipinski definition) is 5. The number of rotatable bonds is 4. The minimum Gasteiger partial charge on any atom is -0.368 e. The largest absolute Gasteiger partial charge is 0.368 e. The van der Waals surface area contributed by atoms with Crippen LogP contribution in [0.3, 0.4) is 0 Å². The molecule has 154 valence electrons. The molecule has 2 aromatic rings. The number of anilines is 2. The number of amides is 1. The van der Waals surface area contributed by atoms with Crippen LogP contribution in [0.1, 0.15) is 49.0 Å². The molecule has 7 heteroatoms. The second-order valence-corrected chi connectivity index (χ2v) is 7.89. The molecule has 1 aliphatic heterocycles. The van der Waals surface area contributed by atoms with Crippen LogP contribution < -0.4 is 15.1 Å². The molecule has 2 heterocycles.